The van der Waals surface area contributed by atoms with Crippen LogP contribution in [0.2, 0.25) is 0 Å². The van der Waals surface area contributed by atoms with Crippen LogP contribution in [0.1, 0.15) is 24.3 Å². The van der Waals surface area contributed by atoms with E-state index in [9.17, 15) is 9.18 Å². The molecule has 2 aromatic rings. The summed E-state index contributed by atoms with van der Waals surface area (Å²) in [6.07, 6.45) is 1.50. The molecule has 0 spiro atoms. The second kappa shape index (κ2) is 5.22. The van der Waals surface area contributed by atoms with Crippen LogP contribution in [0.5, 0.6) is 0 Å². The van der Waals surface area contributed by atoms with Gasteiger partial charge in [-0.05, 0) is 24.1 Å². The predicted octanol–water partition coefficient (Wildman–Crippen LogP) is 2.34. The number of pyridine rings is 1. The number of halogens is 1. The van der Waals surface area contributed by atoms with Crippen molar-refractivity contribution in [1.82, 2.24) is 10.3 Å². The first kappa shape index (κ1) is 13.3. The number of anilines is 1. The first-order valence-corrected chi connectivity index (χ1v) is 6.11. The van der Waals surface area contributed by atoms with E-state index in [4.69, 9.17) is 5.73 Å². The second-order valence-corrected chi connectivity index (χ2v) is 4.85. The van der Waals surface area contributed by atoms with Gasteiger partial charge in [0, 0.05) is 29.2 Å². The number of hydrogen-bond donors (Lipinski definition) is 2. The van der Waals surface area contributed by atoms with E-state index in [2.05, 4.69) is 10.3 Å². The van der Waals surface area contributed by atoms with Crippen molar-refractivity contribution in [3.63, 3.8) is 0 Å². The summed E-state index contributed by atoms with van der Waals surface area (Å²) < 4.78 is 13.4. The van der Waals surface area contributed by atoms with Crippen molar-refractivity contribution in [2.45, 2.75) is 13.8 Å². The number of carbonyl (C=O) groups excluding carboxylic acids is 1. The summed E-state index contributed by atoms with van der Waals surface area (Å²) >= 11 is 0. The Balaban J connectivity index is 2.46. The van der Waals surface area contributed by atoms with E-state index in [0.717, 1.165) is 0 Å². The Morgan fingerprint density at radius 1 is 1.42 bits per heavy atom. The molecule has 1 aromatic heterocycles. The van der Waals surface area contributed by atoms with Gasteiger partial charge in [0.15, 0.2) is 0 Å². The average molecular weight is 261 g/mol. The van der Waals surface area contributed by atoms with Crippen molar-refractivity contribution < 1.29 is 9.18 Å². The highest BCUT2D eigenvalue weighted by Gasteiger charge is 2.14. The summed E-state index contributed by atoms with van der Waals surface area (Å²) in [5.41, 5.74) is 6.25. The van der Waals surface area contributed by atoms with E-state index >= 15 is 0 Å². The molecule has 0 aliphatic rings. The highest BCUT2D eigenvalue weighted by Crippen LogP contribution is 2.24. The van der Waals surface area contributed by atoms with Crippen LogP contribution in [0, 0.1) is 11.7 Å². The van der Waals surface area contributed by atoms with Crippen molar-refractivity contribution in [3.05, 3.63) is 35.9 Å². The Labute approximate surface area is 110 Å². The summed E-state index contributed by atoms with van der Waals surface area (Å²) in [6, 6.07) is 4.18. The minimum Gasteiger partial charge on any atom is -0.398 e. The van der Waals surface area contributed by atoms with Gasteiger partial charge in [-0.3, -0.25) is 9.78 Å². The standard InChI is InChI=1S/C14H16FN3O/c1-8(2)7-18-14(19)13-11-5-9(15)6-12(16)10(11)3-4-17-13/h3-6,8H,7,16H2,1-2H3,(H,18,19). The molecule has 0 unspecified atom stereocenters. The minimum atomic E-state index is -0.476. The van der Waals surface area contributed by atoms with Crippen molar-refractivity contribution in [1.29, 1.82) is 0 Å². The van der Waals surface area contributed by atoms with E-state index in [0.29, 0.717) is 28.9 Å². The lowest BCUT2D eigenvalue weighted by molar-refractivity contribution is 0.0946. The molecular weight excluding hydrogens is 245 g/mol. The number of fused-ring (bicyclic) bond motifs is 1. The molecule has 2 rings (SSSR count). The smallest absolute Gasteiger partial charge is 0.270 e. The second-order valence-electron chi connectivity index (χ2n) is 4.85. The van der Waals surface area contributed by atoms with Gasteiger partial charge in [0.1, 0.15) is 11.5 Å². The monoisotopic (exact) mass is 261 g/mol. The molecule has 0 aliphatic heterocycles. The highest BCUT2D eigenvalue weighted by atomic mass is 19.1. The molecule has 0 fully saturated rings. The number of benzene rings is 1. The Hall–Kier alpha value is -2.17. The first-order valence-electron chi connectivity index (χ1n) is 6.11. The maximum atomic E-state index is 13.4. The normalized spacial score (nSPS) is 10.9. The molecular formula is C14H16FN3O. The number of rotatable bonds is 3. The highest BCUT2D eigenvalue weighted by molar-refractivity contribution is 6.07. The summed E-state index contributed by atoms with van der Waals surface area (Å²) in [6.45, 7) is 4.53. The number of hydrogen-bond acceptors (Lipinski definition) is 3. The molecule has 0 radical (unpaired) electrons. The van der Waals surface area contributed by atoms with Gasteiger partial charge in [0.2, 0.25) is 0 Å². The molecule has 0 bridgehead atoms. The van der Waals surface area contributed by atoms with Crippen LogP contribution in [-0.4, -0.2) is 17.4 Å². The minimum absolute atomic E-state index is 0.198. The van der Waals surface area contributed by atoms with E-state index < -0.39 is 5.82 Å². The number of carbonyl (C=O) groups is 1. The Morgan fingerprint density at radius 2 is 2.16 bits per heavy atom. The van der Waals surface area contributed by atoms with Gasteiger partial charge in [-0.25, -0.2) is 4.39 Å². The van der Waals surface area contributed by atoms with Crippen molar-refractivity contribution in [2.24, 2.45) is 5.92 Å². The van der Waals surface area contributed by atoms with Crippen LogP contribution in [-0.2, 0) is 0 Å². The lowest BCUT2D eigenvalue weighted by atomic mass is 10.1. The van der Waals surface area contributed by atoms with Crippen LogP contribution in [0.4, 0.5) is 10.1 Å². The van der Waals surface area contributed by atoms with Gasteiger partial charge >= 0.3 is 0 Å². The summed E-state index contributed by atoms with van der Waals surface area (Å²) in [5.74, 6) is -0.457. The molecule has 1 amide bonds. The fourth-order valence-corrected chi connectivity index (χ4v) is 1.84. The predicted molar refractivity (Wildman–Crippen MR) is 73.3 cm³/mol. The van der Waals surface area contributed by atoms with Crippen molar-refractivity contribution in [3.8, 4) is 0 Å². The molecule has 0 aliphatic carbocycles. The lowest BCUT2D eigenvalue weighted by Gasteiger charge is -2.10. The number of nitrogens with two attached hydrogens (primary N) is 1. The molecule has 100 valence electrons. The summed E-state index contributed by atoms with van der Waals surface area (Å²) in [5, 5.41) is 3.83. The lowest BCUT2D eigenvalue weighted by Crippen LogP contribution is -2.28. The van der Waals surface area contributed by atoms with Crippen LogP contribution >= 0.6 is 0 Å². The molecule has 1 heterocycles. The van der Waals surface area contributed by atoms with Crippen LogP contribution in [0.25, 0.3) is 10.8 Å². The molecule has 0 atom stereocenters. The van der Waals surface area contributed by atoms with Gasteiger partial charge < -0.3 is 11.1 Å². The molecule has 1 aromatic carbocycles. The van der Waals surface area contributed by atoms with Crippen molar-refractivity contribution >= 4 is 22.4 Å². The Morgan fingerprint density at radius 3 is 2.84 bits per heavy atom. The number of nitrogen functional groups attached to an aromatic ring is 1. The van der Waals surface area contributed by atoms with E-state index in [1.54, 1.807) is 6.07 Å². The molecule has 0 saturated heterocycles. The Kier molecular flexibility index (Phi) is 3.64. The van der Waals surface area contributed by atoms with Gasteiger partial charge in [-0.15, -0.1) is 0 Å². The zero-order valence-corrected chi connectivity index (χ0v) is 10.9. The third kappa shape index (κ3) is 2.81. The maximum Gasteiger partial charge on any atom is 0.270 e. The number of nitrogens with zero attached hydrogens (tertiary/aromatic N) is 1. The van der Waals surface area contributed by atoms with Crippen LogP contribution < -0.4 is 11.1 Å². The fraction of sp³-hybridized carbons (Fsp3) is 0.286. The van der Waals surface area contributed by atoms with Crippen molar-refractivity contribution in [2.75, 3.05) is 12.3 Å². The molecule has 4 nitrogen and oxygen atoms in total. The van der Waals surface area contributed by atoms with Gasteiger partial charge in [-0.2, -0.15) is 0 Å². The van der Waals surface area contributed by atoms with Gasteiger partial charge in [0.05, 0.1) is 0 Å². The topological polar surface area (TPSA) is 68.0 Å². The van der Waals surface area contributed by atoms with Gasteiger partial charge in [0.25, 0.3) is 5.91 Å². The van der Waals surface area contributed by atoms with E-state index in [1.165, 1.54) is 18.3 Å². The number of aromatic nitrogens is 1. The quantitative estimate of drug-likeness (QED) is 0.833. The van der Waals surface area contributed by atoms with E-state index in [-0.39, 0.29) is 11.6 Å². The summed E-state index contributed by atoms with van der Waals surface area (Å²) in [4.78, 5) is 16.1. The fourth-order valence-electron chi connectivity index (χ4n) is 1.84. The van der Waals surface area contributed by atoms with Crippen LogP contribution in [0.3, 0.4) is 0 Å². The number of amides is 1. The van der Waals surface area contributed by atoms with E-state index in [1.807, 2.05) is 13.8 Å². The SMILES string of the molecule is CC(C)CNC(=O)c1nccc2c(N)cc(F)cc12. The van der Waals surface area contributed by atoms with Gasteiger partial charge in [-0.1, -0.05) is 13.8 Å². The number of nitrogens with one attached hydrogen (secondary N) is 1. The first-order chi connectivity index (χ1) is 8.99. The molecule has 5 heteroatoms. The molecule has 19 heavy (non-hydrogen) atoms. The third-order valence-electron chi connectivity index (χ3n) is 2.76. The zero-order chi connectivity index (χ0) is 14.0. The third-order valence-corrected chi connectivity index (χ3v) is 2.76. The Bertz CT molecular complexity index is 625. The molecule has 0 saturated carbocycles. The van der Waals surface area contributed by atoms with Crippen LogP contribution in [0.15, 0.2) is 24.4 Å². The summed E-state index contributed by atoms with van der Waals surface area (Å²) in [7, 11) is 0. The molecule has 3 N–H and O–H groups in total. The zero-order valence-electron chi connectivity index (χ0n) is 10.9. The maximum absolute atomic E-state index is 13.4. The largest absolute Gasteiger partial charge is 0.398 e. The average Bonchev–Trinajstić information content (AvgIpc) is 2.35.